The smallest absolute Gasteiger partial charge is 0.330 e. The van der Waals surface area contributed by atoms with Crippen molar-refractivity contribution in [2.75, 3.05) is 105 Å². The maximum atomic E-state index is 15.5. The Labute approximate surface area is 797 Å². The van der Waals surface area contributed by atoms with Crippen molar-refractivity contribution in [3.63, 3.8) is 0 Å². The number of benzene rings is 6. The second kappa shape index (κ2) is 51.3. The summed E-state index contributed by atoms with van der Waals surface area (Å²) < 4.78 is 0. The van der Waals surface area contributed by atoms with Crippen molar-refractivity contribution in [3.05, 3.63) is 210 Å². The molecule has 6 aromatic carbocycles. The molecule has 27 N–H and O–H groups in total. The minimum atomic E-state index is -1.95. The van der Waals surface area contributed by atoms with Gasteiger partial charge in [-0.25, -0.2) is 15.2 Å². The number of likely N-dealkylation sites (tertiary alicyclic amines) is 1. The zero-order valence-electron chi connectivity index (χ0n) is 76.3. The lowest BCUT2D eigenvalue weighted by Gasteiger charge is -2.33. The molecule has 0 aliphatic carbocycles. The summed E-state index contributed by atoms with van der Waals surface area (Å²) in [5.41, 5.74) is 25.1. The van der Waals surface area contributed by atoms with Crippen LogP contribution in [0.25, 0.3) is 32.6 Å². The third-order valence-electron chi connectivity index (χ3n) is 23.9. The largest absolute Gasteiger partial charge is 0.480 e. The fourth-order valence-corrected chi connectivity index (χ4v) is 16.7. The van der Waals surface area contributed by atoms with Gasteiger partial charge in [-0.05, 0) is 83.7 Å². The molecule has 5 heterocycles. The average molecular weight is 1920 g/mol. The topological polar surface area (TPSA) is 684 Å². The summed E-state index contributed by atoms with van der Waals surface area (Å²) in [6, 6.07) is 26.3. The normalized spacial score (nSPS) is 15.7. The number of carboxylic acids is 3. The average Bonchev–Trinajstić information content (AvgIpc) is 1.75. The molecular weight excluding hydrogens is 1800 g/mol. The number of ketones is 1. The van der Waals surface area contributed by atoms with Crippen LogP contribution in [0.15, 0.2) is 171 Å². The summed E-state index contributed by atoms with van der Waals surface area (Å²) in [5, 5.41) is 86.7. The molecule has 12 amide bonds. The number of guanidine groups is 2. The number of para-hydroxylation sites is 2. The number of aliphatic hydroxyl groups excluding tert-OH is 1. The van der Waals surface area contributed by atoms with Gasteiger partial charge in [-0.2, -0.15) is 0 Å². The number of fused-ring (bicyclic) bond motifs is 3. The molecule has 9 atom stereocenters. The quantitative estimate of drug-likeness (QED) is 0.00635. The molecule has 2 aliphatic heterocycles. The Kier molecular flexibility index (Phi) is 38.3. The highest BCUT2D eigenvalue weighted by Gasteiger charge is 2.41. The van der Waals surface area contributed by atoms with Gasteiger partial charge in [0, 0.05) is 161 Å². The first kappa shape index (κ1) is 104. The minimum absolute atomic E-state index is 0.00636. The summed E-state index contributed by atoms with van der Waals surface area (Å²) in [6.07, 6.45) is 4.45. The van der Waals surface area contributed by atoms with Crippen LogP contribution in [0, 0.1) is 10.8 Å². The Balaban J connectivity index is 0.855. The van der Waals surface area contributed by atoms with Crippen LogP contribution in [-0.4, -0.2) is 325 Å². The first-order valence-electron chi connectivity index (χ1n) is 45.4. The molecule has 45 heteroatoms. The second-order valence-corrected chi connectivity index (χ2v) is 34.0. The van der Waals surface area contributed by atoms with Crippen LogP contribution in [0.4, 0.5) is 4.79 Å². The highest BCUT2D eigenvalue weighted by atomic mass is 16.4. The van der Waals surface area contributed by atoms with Crippen molar-refractivity contribution >= 4 is 133 Å². The third-order valence-corrected chi connectivity index (χ3v) is 23.9. The van der Waals surface area contributed by atoms with Crippen LogP contribution in [0.2, 0.25) is 0 Å². The number of hydrazine groups is 1. The number of carbonyl (C=O) groups is 15. The molecule has 0 radical (unpaired) electrons. The van der Waals surface area contributed by atoms with E-state index in [1.807, 2.05) is 41.8 Å². The van der Waals surface area contributed by atoms with Crippen molar-refractivity contribution in [1.29, 1.82) is 10.8 Å². The number of aromatic amines is 3. The zero-order valence-corrected chi connectivity index (χ0v) is 76.3. The fourth-order valence-electron chi connectivity index (χ4n) is 16.7. The van der Waals surface area contributed by atoms with E-state index in [1.165, 1.54) is 17.4 Å². The molecule has 738 valence electrons. The number of hydrogen-bond donors (Lipinski definition) is 24. The van der Waals surface area contributed by atoms with E-state index < -0.39 is 189 Å². The number of nitrogens with two attached hydrogens (primary N) is 3. The predicted octanol–water partition coefficient (Wildman–Crippen LogP) is -2.17. The number of amides is 12. The first-order valence-corrected chi connectivity index (χ1v) is 45.4. The first-order chi connectivity index (χ1) is 66.8. The zero-order chi connectivity index (χ0) is 99.6. The molecule has 0 saturated carbocycles. The van der Waals surface area contributed by atoms with Crippen molar-refractivity contribution in [2.24, 2.45) is 17.2 Å². The molecule has 0 bridgehead atoms. The van der Waals surface area contributed by atoms with E-state index in [0.29, 0.717) is 61.6 Å². The van der Waals surface area contributed by atoms with Crippen LogP contribution in [0.5, 0.6) is 0 Å². The van der Waals surface area contributed by atoms with E-state index in [1.54, 1.807) is 141 Å². The SMILES string of the molecule is N=C(N)NCCC[C@H](NC(=O)[C@@H](Cc1ccc2ccccc2c1)NC(=O)CN1CCN(CC(=O)O)CCN(CC(=O)O)CCN(CC(=O)O)CC1)C(=O)N[C@@H](Cc1c[nH]c2ccccc12)C(=O)N[C@@H](CO)C(=O)N[C@@H](Cc1cnc[nH]1)C(=O)N[C@H](CCCNC(=N)N)C(=O)N[C@@H](Cc1c[nH]c2ccccc12)C(=O)N[C@H](Cc1ccc(C(=O)c2ccccc2)cc1)C(=O)N1CCC[C@H]1C(=O)NNC(N)=O. The Bertz CT molecular complexity index is 5810. The number of urea groups is 1. The van der Waals surface area contributed by atoms with E-state index in [2.05, 4.69) is 78.5 Å². The van der Waals surface area contributed by atoms with Crippen LogP contribution in [-0.2, 0) is 94.4 Å². The van der Waals surface area contributed by atoms with Crippen LogP contribution < -0.4 is 81.2 Å². The summed E-state index contributed by atoms with van der Waals surface area (Å²) in [7, 11) is 0. The maximum Gasteiger partial charge on any atom is 0.330 e. The lowest BCUT2D eigenvalue weighted by Crippen LogP contribution is -2.62. The van der Waals surface area contributed by atoms with Crippen molar-refractivity contribution < 1.29 is 92.3 Å². The molecule has 2 fully saturated rings. The standard InChI is InChI=1S/C94H118N26O19/c95-92(96)101-30-10-21-69(107-85(132)71(43-57-26-27-58-13-4-5-16-61(58)41-57)106-78(122)50-116-33-35-117(51-79(123)124)37-39-119(53-81(127)128)40-38-118(36-34-116)52-80(125)126)83(130)110-73(45-63-48-104-68-20-9-7-18-66(63)68)87(134)113-76(54-121)89(136)111-74(46-64-49-100-55-105-64)88(135)108-70(22-11-31-102-93(97)98)84(131)109-72(44-62-47-103-67-19-8-6-17-65(62)67)86(133)112-75(91(138)120-32-12-23-77(120)90(137)114-115-94(99)139)42-56-24-28-60(29-25-56)82(129)59-14-2-1-3-15-59/h1-9,13-20,24-29,41,47-49,55,69-77,103-104,121H,10-12,21-23,30-40,42-46,50-54H2,(H,100,105)(H,106,122)(H,107,132)(H,108,135)(H,109,131)(H,110,130)(H,111,136)(H,112,133)(H,113,134)(H,114,137)(H,123,124)(H,125,126)(H,127,128)(H4,95,96,101)(H4,97,98,102)(H3,99,115,139)/t69-,70+,71+,72-,73-,74-,75+,76-,77-/m0/s1. The molecular formula is C94H118N26O19. The molecule has 0 spiro atoms. The van der Waals surface area contributed by atoms with Gasteiger partial charge in [0.15, 0.2) is 17.7 Å². The lowest BCUT2D eigenvalue weighted by molar-refractivity contribution is -0.142. The third kappa shape index (κ3) is 31.7. The number of aliphatic carboxylic acids is 3. The molecule has 0 unspecified atom stereocenters. The van der Waals surface area contributed by atoms with Crippen molar-refractivity contribution in [1.82, 2.24) is 108 Å². The van der Waals surface area contributed by atoms with Gasteiger partial charge in [0.05, 0.1) is 39.1 Å². The van der Waals surface area contributed by atoms with Gasteiger partial charge in [-0.1, -0.05) is 133 Å². The number of H-pyrrole nitrogens is 3. The van der Waals surface area contributed by atoms with Gasteiger partial charge in [0.2, 0.25) is 53.2 Å². The van der Waals surface area contributed by atoms with Gasteiger partial charge < -0.3 is 111 Å². The molecule has 139 heavy (non-hydrogen) atoms. The number of primary amides is 1. The molecule has 3 aromatic heterocycles. The maximum absolute atomic E-state index is 15.5. The molecule has 2 saturated heterocycles. The minimum Gasteiger partial charge on any atom is -0.480 e. The molecule has 11 rings (SSSR count). The Hall–Kier alpha value is -15.7. The number of carboxylic acid groups (broad SMARTS) is 3. The van der Waals surface area contributed by atoms with E-state index in [-0.39, 0.29) is 141 Å². The van der Waals surface area contributed by atoms with Gasteiger partial charge in [-0.3, -0.25) is 103 Å². The van der Waals surface area contributed by atoms with Gasteiger partial charge in [0.1, 0.15) is 54.4 Å². The number of nitrogens with one attached hydrogen (secondary N) is 17. The Morgan fingerprint density at radius 3 is 1.32 bits per heavy atom. The molecule has 45 nitrogen and oxygen atoms in total. The van der Waals surface area contributed by atoms with E-state index >= 15 is 38.4 Å². The number of imidazole rings is 1. The predicted molar refractivity (Wildman–Crippen MR) is 509 cm³/mol. The summed E-state index contributed by atoms with van der Waals surface area (Å²) in [5.74, 6) is -14.0. The summed E-state index contributed by atoms with van der Waals surface area (Å²) in [6.45, 7) is -2.26. The summed E-state index contributed by atoms with van der Waals surface area (Å²) in [4.78, 5) is 234. The fraction of sp³-hybridized carbons (Fsp3) is 0.383. The Morgan fingerprint density at radius 1 is 0.424 bits per heavy atom. The van der Waals surface area contributed by atoms with Crippen LogP contribution >= 0.6 is 0 Å². The number of hydrogen-bond acceptors (Lipinski definition) is 23. The number of nitrogens with zero attached hydrogens (tertiary/aromatic N) is 6. The van der Waals surface area contributed by atoms with Gasteiger partial charge in [0.25, 0.3) is 5.91 Å². The number of aliphatic hydroxyl groups is 1. The van der Waals surface area contributed by atoms with E-state index in [0.717, 1.165) is 10.8 Å². The highest BCUT2D eigenvalue weighted by molar-refractivity contribution is 6.09. The number of rotatable bonds is 46. The van der Waals surface area contributed by atoms with Crippen LogP contribution in [0.3, 0.4) is 0 Å². The molecule has 9 aromatic rings. The monoisotopic (exact) mass is 1910 g/mol. The molecule has 2 aliphatic rings. The van der Waals surface area contributed by atoms with Crippen molar-refractivity contribution in [3.8, 4) is 0 Å². The van der Waals surface area contributed by atoms with Gasteiger partial charge in [-0.15, -0.1) is 0 Å². The van der Waals surface area contributed by atoms with Gasteiger partial charge >= 0.3 is 23.9 Å². The Morgan fingerprint density at radius 2 is 0.842 bits per heavy atom. The second-order valence-electron chi connectivity index (χ2n) is 34.0. The van der Waals surface area contributed by atoms with E-state index in [9.17, 15) is 54.0 Å². The summed E-state index contributed by atoms with van der Waals surface area (Å²) >= 11 is 0. The van der Waals surface area contributed by atoms with Crippen molar-refractivity contribution in [2.45, 2.75) is 125 Å². The lowest BCUT2D eigenvalue weighted by atomic mass is 9.98. The van der Waals surface area contributed by atoms with Crippen LogP contribution in [0.1, 0.15) is 82.4 Å². The number of carbonyl (C=O) groups excluding carboxylic acids is 12. The van der Waals surface area contributed by atoms with E-state index in [4.69, 9.17) is 28.0 Å². The highest BCUT2D eigenvalue weighted by Crippen LogP contribution is 2.26. The number of aromatic nitrogens is 4.